The van der Waals surface area contributed by atoms with Gasteiger partial charge in [0.15, 0.2) is 5.16 Å². The van der Waals surface area contributed by atoms with Crippen LogP contribution >= 0.6 is 11.8 Å². The van der Waals surface area contributed by atoms with Crippen molar-refractivity contribution >= 4 is 28.8 Å². The van der Waals surface area contributed by atoms with Crippen molar-refractivity contribution in [3.8, 4) is 0 Å². The molecule has 0 saturated carbocycles. The number of thioether (sulfide) groups is 1. The largest absolute Gasteiger partial charge is 0.480 e. The molecule has 1 aromatic heterocycles. The Hall–Kier alpha value is -1.49. The second-order valence-corrected chi connectivity index (χ2v) is 4.98. The van der Waals surface area contributed by atoms with Crippen molar-refractivity contribution in [1.29, 1.82) is 0 Å². The van der Waals surface area contributed by atoms with Crippen LogP contribution in [0.4, 0.5) is 0 Å². The van der Waals surface area contributed by atoms with E-state index >= 15 is 0 Å². The van der Waals surface area contributed by atoms with Crippen LogP contribution in [0.15, 0.2) is 29.4 Å². The van der Waals surface area contributed by atoms with Crippen LogP contribution in [0.3, 0.4) is 0 Å². The summed E-state index contributed by atoms with van der Waals surface area (Å²) in [5, 5.41) is 9.32. The number of nitrogens with zero attached hydrogens (tertiary/aromatic N) is 1. The number of H-pyrrole nitrogens is 1. The van der Waals surface area contributed by atoms with Crippen LogP contribution in [0.25, 0.3) is 11.0 Å². The number of imidazole rings is 1. The van der Waals surface area contributed by atoms with Crippen molar-refractivity contribution in [1.82, 2.24) is 9.97 Å². The fourth-order valence-electron chi connectivity index (χ4n) is 1.61. The number of fused-ring (bicyclic) bond motifs is 1. The Bertz CT molecular complexity index is 491. The lowest BCUT2D eigenvalue weighted by molar-refractivity contribution is -0.136. The molecule has 1 aromatic carbocycles. The van der Waals surface area contributed by atoms with Crippen LogP contribution in [-0.4, -0.2) is 26.3 Å². The minimum absolute atomic E-state index is 0.430. The highest BCUT2D eigenvalue weighted by Gasteiger charge is 2.19. The molecule has 0 bridgehead atoms. The number of nitrogens with one attached hydrogen (secondary N) is 1. The molecule has 0 fully saturated rings. The van der Waals surface area contributed by atoms with E-state index in [2.05, 4.69) is 9.97 Å². The first-order valence-electron chi connectivity index (χ1n) is 5.55. The third-order valence-electron chi connectivity index (χ3n) is 2.45. The fourth-order valence-corrected chi connectivity index (χ4v) is 2.66. The van der Waals surface area contributed by atoms with E-state index in [0.717, 1.165) is 17.5 Å². The van der Waals surface area contributed by atoms with Crippen molar-refractivity contribution in [2.75, 3.05) is 0 Å². The SMILES string of the molecule is CCCC(Sc1nc2ccccc2[nH]1)C(=O)O. The summed E-state index contributed by atoms with van der Waals surface area (Å²) in [5.74, 6) is -0.780. The Morgan fingerprint density at radius 3 is 2.94 bits per heavy atom. The molecule has 2 N–H and O–H groups in total. The Kier molecular flexibility index (Phi) is 3.68. The van der Waals surface area contributed by atoms with E-state index in [1.165, 1.54) is 11.8 Å². The van der Waals surface area contributed by atoms with Gasteiger partial charge in [0.2, 0.25) is 0 Å². The molecule has 0 aliphatic heterocycles. The Balaban J connectivity index is 2.19. The zero-order valence-corrected chi connectivity index (χ0v) is 10.3. The number of aliphatic carboxylic acids is 1. The van der Waals surface area contributed by atoms with Crippen molar-refractivity contribution in [3.05, 3.63) is 24.3 Å². The second kappa shape index (κ2) is 5.23. The number of rotatable bonds is 5. The Morgan fingerprint density at radius 2 is 2.29 bits per heavy atom. The maximum atomic E-state index is 11.0. The Labute approximate surface area is 103 Å². The number of hydrogen-bond donors (Lipinski definition) is 2. The third kappa shape index (κ3) is 2.79. The first-order chi connectivity index (χ1) is 8.20. The van der Waals surface area contributed by atoms with Crippen molar-refractivity contribution < 1.29 is 9.90 Å². The van der Waals surface area contributed by atoms with Crippen molar-refractivity contribution in [2.45, 2.75) is 30.2 Å². The highest BCUT2D eigenvalue weighted by Crippen LogP contribution is 2.26. The van der Waals surface area contributed by atoms with Crippen LogP contribution in [0, 0.1) is 0 Å². The van der Waals surface area contributed by atoms with Gasteiger partial charge in [0, 0.05) is 0 Å². The lowest BCUT2D eigenvalue weighted by Gasteiger charge is -2.07. The van der Waals surface area contributed by atoms with Crippen LogP contribution < -0.4 is 0 Å². The van der Waals surface area contributed by atoms with Crippen LogP contribution in [0.5, 0.6) is 0 Å². The van der Waals surface area contributed by atoms with E-state index in [0.29, 0.717) is 11.6 Å². The van der Waals surface area contributed by atoms with Gasteiger partial charge in [0.25, 0.3) is 0 Å². The number of carboxylic acid groups (broad SMARTS) is 1. The van der Waals surface area contributed by atoms with E-state index < -0.39 is 11.2 Å². The van der Waals surface area contributed by atoms with E-state index in [1.54, 1.807) is 0 Å². The van der Waals surface area contributed by atoms with Gasteiger partial charge < -0.3 is 10.1 Å². The van der Waals surface area contributed by atoms with E-state index in [1.807, 2.05) is 31.2 Å². The monoisotopic (exact) mass is 250 g/mol. The summed E-state index contributed by atoms with van der Waals surface area (Å²) in [5.41, 5.74) is 1.81. The second-order valence-electron chi connectivity index (χ2n) is 3.79. The molecule has 0 radical (unpaired) electrons. The summed E-state index contributed by atoms with van der Waals surface area (Å²) >= 11 is 1.28. The Morgan fingerprint density at radius 1 is 1.53 bits per heavy atom. The predicted octanol–water partition coefficient (Wildman–Crippen LogP) is 2.91. The summed E-state index contributed by atoms with van der Waals surface area (Å²) in [4.78, 5) is 18.5. The van der Waals surface area contributed by atoms with Crippen LogP contribution in [-0.2, 0) is 4.79 Å². The van der Waals surface area contributed by atoms with Crippen LogP contribution in [0.1, 0.15) is 19.8 Å². The molecular formula is C12H14N2O2S. The van der Waals surface area contributed by atoms with E-state index in [-0.39, 0.29) is 0 Å². The molecule has 4 nitrogen and oxygen atoms in total. The molecule has 0 aliphatic rings. The van der Waals surface area contributed by atoms with Gasteiger partial charge in [-0.1, -0.05) is 37.2 Å². The highest BCUT2D eigenvalue weighted by molar-refractivity contribution is 8.00. The van der Waals surface area contributed by atoms with Gasteiger partial charge in [-0.2, -0.15) is 0 Å². The third-order valence-corrected chi connectivity index (χ3v) is 3.59. The molecule has 0 aliphatic carbocycles. The quantitative estimate of drug-likeness (QED) is 0.801. The normalized spacial score (nSPS) is 12.8. The lowest BCUT2D eigenvalue weighted by Crippen LogP contribution is -2.15. The summed E-state index contributed by atoms with van der Waals surface area (Å²) < 4.78 is 0. The van der Waals surface area contributed by atoms with Gasteiger partial charge in [-0.15, -0.1) is 0 Å². The average Bonchev–Trinajstić information content (AvgIpc) is 2.70. The van der Waals surface area contributed by atoms with Crippen molar-refractivity contribution in [2.24, 2.45) is 0 Å². The van der Waals surface area contributed by atoms with Gasteiger partial charge in [0.05, 0.1) is 11.0 Å². The molecule has 0 amide bonds. The molecule has 2 rings (SSSR count). The summed E-state index contributed by atoms with van der Waals surface area (Å²) in [6.07, 6.45) is 1.50. The van der Waals surface area contributed by atoms with Crippen molar-refractivity contribution in [3.63, 3.8) is 0 Å². The molecule has 2 aromatic rings. The number of carbonyl (C=O) groups is 1. The number of aromatic nitrogens is 2. The zero-order valence-electron chi connectivity index (χ0n) is 9.51. The molecule has 0 saturated heterocycles. The highest BCUT2D eigenvalue weighted by atomic mass is 32.2. The minimum Gasteiger partial charge on any atom is -0.480 e. The lowest BCUT2D eigenvalue weighted by atomic mass is 10.2. The molecule has 1 atom stereocenters. The smallest absolute Gasteiger partial charge is 0.317 e. The summed E-state index contributed by atoms with van der Waals surface area (Å²) in [7, 11) is 0. The topological polar surface area (TPSA) is 66.0 Å². The summed E-state index contributed by atoms with van der Waals surface area (Å²) in [6, 6.07) is 7.68. The molecular weight excluding hydrogens is 236 g/mol. The van der Waals surface area contributed by atoms with Crippen LogP contribution in [0.2, 0.25) is 0 Å². The van der Waals surface area contributed by atoms with Gasteiger partial charge >= 0.3 is 5.97 Å². The standard InChI is InChI=1S/C12H14N2O2S/c1-2-5-10(11(15)16)17-12-13-8-6-3-4-7-9(8)14-12/h3-4,6-7,10H,2,5H2,1H3,(H,13,14)(H,15,16). The maximum absolute atomic E-state index is 11.0. The first-order valence-corrected chi connectivity index (χ1v) is 6.43. The fraction of sp³-hybridized carbons (Fsp3) is 0.333. The van der Waals surface area contributed by atoms with Gasteiger partial charge in [-0.3, -0.25) is 4.79 Å². The summed E-state index contributed by atoms with van der Waals surface area (Å²) in [6.45, 7) is 1.98. The minimum atomic E-state index is -0.780. The number of carboxylic acids is 1. The number of benzene rings is 1. The number of para-hydroxylation sites is 2. The molecule has 5 heteroatoms. The molecule has 0 spiro atoms. The molecule has 1 heterocycles. The number of aromatic amines is 1. The average molecular weight is 250 g/mol. The molecule has 17 heavy (non-hydrogen) atoms. The van der Waals surface area contributed by atoms with E-state index in [9.17, 15) is 4.79 Å². The van der Waals surface area contributed by atoms with Gasteiger partial charge in [0.1, 0.15) is 5.25 Å². The van der Waals surface area contributed by atoms with E-state index in [4.69, 9.17) is 5.11 Å². The molecule has 90 valence electrons. The zero-order chi connectivity index (χ0) is 12.3. The van der Waals surface area contributed by atoms with Gasteiger partial charge in [-0.05, 0) is 18.6 Å². The predicted molar refractivity (Wildman–Crippen MR) is 68.3 cm³/mol. The number of hydrogen-bond acceptors (Lipinski definition) is 3. The first kappa shape index (κ1) is 12.0. The maximum Gasteiger partial charge on any atom is 0.317 e. The molecule has 1 unspecified atom stereocenters. The van der Waals surface area contributed by atoms with Gasteiger partial charge in [-0.25, -0.2) is 4.98 Å².